The number of hydrogen-bond donors (Lipinski definition) is 2. The molecule has 1 aromatic rings. The normalized spacial score (nSPS) is 11.4. The molecule has 0 unspecified atom stereocenters. The van der Waals surface area contributed by atoms with E-state index in [2.05, 4.69) is 5.32 Å². The minimum atomic E-state index is -0.450. The van der Waals surface area contributed by atoms with E-state index in [-0.39, 0.29) is 12.5 Å². The number of nitrogens with one attached hydrogen (secondary N) is 1. The van der Waals surface area contributed by atoms with E-state index in [1.54, 1.807) is 11.3 Å². The van der Waals surface area contributed by atoms with Crippen molar-refractivity contribution >= 4 is 17.2 Å². The Morgan fingerprint density at radius 1 is 1.50 bits per heavy atom. The summed E-state index contributed by atoms with van der Waals surface area (Å²) < 4.78 is 0. The van der Waals surface area contributed by atoms with E-state index >= 15 is 0 Å². The van der Waals surface area contributed by atoms with Crippen molar-refractivity contribution in [2.45, 2.75) is 38.6 Å². The van der Waals surface area contributed by atoms with Crippen LogP contribution in [0.3, 0.4) is 0 Å². The van der Waals surface area contributed by atoms with Gasteiger partial charge >= 0.3 is 0 Å². The first kappa shape index (κ1) is 13.2. The van der Waals surface area contributed by atoms with E-state index in [1.165, 1.54) is 0 Å². The van der Waals surface area contributed by atoms with Gasteiger partial charge in [-0.1, -0.05) is 19.9 Å². The lowest BCUT2D eigenvalue weighted by molar-refractivity contribution is -0.123. The number of rotatable bonds is 6. The van der Waals surface area contributed by atoms with E-state index in [0.717, 1.165) is 17.7 Å². The lowest BCUT2D eigenvalue weighted by Gasteiger charge is -2.30. The zero-order valence-electron chi connectivity index (χ0n) is 9.82. The van der Waals surface area contributed by atoms with Crippen LogP contribution in [0.5, 0.6) is 0 Å². The fraction of sp³-hybridized carbons (Fsp3) is 0.583. The summed E-state index contributed by atoms with van der Waals surface area (Å²) in [5, 5.41) is 14.2. The molecule has 0 saturated heterocycles. The van der Waals surface area contributed by atoms with E-state index in [4.69, 9.17) is 0 Å². The Balaban J connectivity index is 2.55. The van der Waals surface area contributed by atoms with E-state index in [9.17, 15) is 9.90 Å². The molecule has 1 aromatic heterocycles. The molecule has 1 rings (SSSR count). The van der Waals surface area contributed by atoms with Gasteiger partial charge < -0.3 is 10.4 Å². The summed E-state index contributed by atoms with van der Waals surface area (Å²) in [6.45, 7) is 3.95. The monoisotopic (exact) mass is 241 g/mol. The fourth-order valence-electron chi connectivity index (χ4n) is 1.60. The van der Waals surface area contributed by atoms with Crippen molar-refractivity contribution in [2.75, 3.05) is 6.61 Å². The molecule has 0 bridgehead atoms. The second-order valence-corrected chi connectivity index (χ2v) is 4.98. The zero-order chi connectivity index (χ0) is 12.0. The van der Waals surface area contributed by atoms with Gasteiger partial charge in [-0.25, -0.2) is 0 Å². The van der Waals surface area contributed by atoms with E-state index in [0.29, 0.717) is 6.42 Å². The highest BCUT2D eigenvalue weighted by Crippen LogP contribution is 2.15. The molecule has 0 aromatic carbocycles. The predicted molar refractivity (Wildman–Crippen MR) is 66.6 cm³/mol. The lowest BCUT2D eigenvalue weighted by Crippen LogP contribution is -2.50. The van der Waals surface area contributed by atoms with Crippen LogP contribution in [-0.4, -0.2) is 23.2 Å². The third kappa shape index (κ3) is 3.32. The van der Waals surface area contributed by atoms with Crippen LogP contribution < -0.4 is 5.32 Å². The van der Waals surface area contributed by atoms with Crippen molar-refractivity contribution in [1.29, 1.82) is 0 Å². The van der Waals surface area contributed by atoms with Gasteiger partial charge in [0.25, 0.3) is 0 Å². The molecule has 0 aliphatic rings. The summed E-state index contributed by atoms with van der Waals surface area (Å²) in [6, 6.07) is 3.88. The molecule has 2 N–H and O–H groups in total. The number of carbonyl (C=O) groups is 1. The smallest absolute Gasteiger partial charge is 0.225 e. The van der Waals surface area contributed by atoms with Gasteiger partial charge in [0, 0.05) is 4.88 Å². The van der Waals surface area contributed by atoms with Crippen LogP contribution in [-0.2, 0) is 11.2 Å². The average Bonchev–Trinajstić information content (AvgIpc) is 2.79. The Hall–Kier alpha value is -0.870. The summed E-state index contributed by atoms with van der Waals surface area (Å²) in [5.41, 5.74) is -0.450. The van der Waals surface area contributed by atoms with Gasteiger partial charge in [-0.05, 0) is 24.3 Å². The summed E-state index contributed by atoms with van der Waals surface area (Å²) in [5.74, 6) is -0.0137. The average molecular weight is 241 g/mol. The van der Waals surface area contributed by atoms with Crippen LogP contribution in [0.4, 0.5) is 0 Å². The third-order valence-corrected chi connectivity index (χ3v) is 3.85. The van der Waals surface area contributed by atoms with Gasteiger partial charge in [0.1, 0.15) is 0 Å². The van der Waals surface area contributed by atoms with Crippen LogP contribution >= 0.6 is 11.3 Å². The summed E-state index contributed by atoms with van der Waals surface area (Å²) in [4.78, 5) is 12.8. The Morgan fingerprint density at radius 2 is 2.19 bits per heavy atom. The second-order valence-electron chi connectivity index (χ2n) is 3.95. The number of aliphatic hydroxyl groups is 1. The second kappa shape index (κ2) is 6.01. The standard InChI is InChI=1S/C12H19NO2S/c1-3-12(4-2,9-14)13-11(15)8-10-6-5-7-16-10/h5-7,14H,3-4,8-9H2,1-2H3,(H,13,15). The molecule has 1 heterocycles. The molecule has 0 radical (unpaired) electrons. The highest BCUT2D eigenvalue weighted by molar-refractivity contribution is 7.10. The van der Waals surface area contributed by atoms with Crippen LogP contribution in [0.25, 0.3) is 0 Å². The lowest BCUT2D eigenvalue weighted by atomic mass is 9.93. The molecule has 0 spiro atoms. The number of aliphatic hydroxyl groups excluding tert-OH is 1. The highest BCUT2D eigenvalue weighted by atomic mass is 32.1. The van der Waals surface area contributed by atoms with Crippen LogP contribution in [0.2, 0.25) is 0 Å². The van der Waals surface area contributed by atoms with Crippen molar-refractivity contribution < 1.29 is 9.90 Å². The summed E-state index contributed by atoms with van der Waals surface area (Å²) >= 11 is 1.58. The molecule has 4 heteroatoms. The molecule has 90 valence electrons. The molecule has 0 saturated carbocycles. The molecule has 0 atom stereocenters. The van der Waals surface area contributed by atoms with Crippen LogP contribution in [0, 0.1) is 0 Å². The Labute approximate surface area is 100 Å². The Morgan fingerprint density at radius 3 is 2.62 bits per heavy atom. The van der Waals surface area contributed by atoms with Gasteiger partial charge in [-0.3, -0.25) is 4.79 Å². The molecule has 1 amide bonds. The summed E-state index contributed by atoms with van der Waals surface area (Å²) in [6.07, 6.45) is 1.89. The van der Waals surface area contributed by atoms with Gasteiger partial charge in [0.2, 0.25) is 5.91 Å². The van der Waals surface area contributed by atoms with Crippen LogP contribution in [0.1, 0.15) is 31.6 Å². The quantitative estimate of drug-likeness (QED) is 0.800. The van der Waals surface area contributed by atoms with E-state index < -0.39 is 5.54 Å². The minimum absolute atomic E-state index is 0.00379. The molecule has 0 aliphatic heterocycles. The van der Waals surface area contributed by atoms with Crippen molar-refractivity contribution in [2.24, 2.45) is 0 Å². The highest BCUT2D eigenvalue weighted by Gasteiger charge is 2.26. The maximum Gasteiger partial charge on any atom is 0.225 e. The zero-order valence-corrected chi connectivity index (χ0v) is 10.6. The maximum absolute atomic E-state index is 11.8. The molecular weight excluding hydrogens is 222 g/mol. The molecule has 3 nitrogen and oxygen atoms in total. The predicted octanol–water partition coefficient (Wildman–Crippen LogP) is 1.96. The maximum atomic E-state index is 11.8. The van der Waals surface area contributed by atoms with E-state index in [1.807, 2.05) is 31.4 Å². The van der Waals surface area contributed by atoms with Gasteiger partial charge in [-0.2, -0.15) is 0 Å². The third-order valence-electron chi connectivity index (χ3n) is 2.98. The van der Waals surface area contributed by atoms with Gasteiger partial charge in [0.05, 0.1) is 18.6 Å². The molecule has 0 aliphatic carbocycles. The first-order valence-corrected chi connectivity index (χ1v) is 6.48. The summed E-state index contributed by atoms with van der Waals surface area (Å²) in [7, 11) is 0. The largest absolute Gasteiger partial charge is 0.394 e. The van der Waals surface area contributed by atoms with Crippen LogP contribution in [0.15, 0.2) is 17.5 Å². The molecule has 16 heavy (non-hydrogen) atoms. The number of amides is 1. The van der Waals surface area contributed by atoms with Crippen molar-refractivity contribution in [3.8, 4) is 0 Å². The Bertz CT molecular complexity index is 310. The number of thiophene rings is 1. The Kier molecular flexibility index (Phi) is 4.96. The first-order valence-electron chi connectivity index (χ1n) is 5.60. The van der Waals surface area contributed by atoms with Crippen molar-refractivity contribution in [3.05, 3.63) is 22.4 Å². The number of carbonyl (C=O) groups excluding carboxylic acids is 1. The minimum Gasteiger partial charge on any atom is -0.394 e. The molecule has 0 fully saturated rings. The van der Waals surface area contributed by atoms with Gasteiger partial charge in [0.15, 0.2) is 0 Å². The molecular formula is C12H19NO2S. The number of hydrogen-bond acceptors (Lipinski definition) is 3. The first-order chi connectivity index (χ1) is 7.65. The topological polar surface area (TPSA) is 49.3 Å². The SMILES string of the molecule is CCC(CC)(CO)NC(=O)Cc1cccs1. The fourth-order valence-corrected chi connectivity index (χ4v) is 2.30. The van der Waals surface area contributed by atoms with Crippen molar-refractivity contribution in [3.63, 3.8) is 0 Å². The van der Waals surface area contributed by atoms with Crippen molar-refractivity contribution in [1.82, 2.24) is 5.32 Å². The van der Waals surface area contributed by atoms with Gasteiger partial charge in [-0.15, -0.1) is 11.3 Å².